The fraction of sp³-hybridized carbons (Fsp3) is 0.259. The highest BCUT2D eigenvalue weighted by molar-refractivity contribution is 6.31. The Morgan fingerprint density at radius 1 is 1.20 bits per heavy atom. The Hall–Kier alpha value is -4.42. The number of primary amides is 1. The second kappa shape index (κ2) is 11.0. The monoisotopic (exact) mass is 566 g/mol. The highest BCUT2D eigenvalue weighted by Crippen LogP contribution is 2.38. The van der Waals surface area contributed by atoms with Crippen molar-refractivity contribution in [2.75, 3.05) is 49.8 Å². The third-order valence-electron chi connectivity index (χ3n) is 6.49. The smallest absolute Gasteiger partial charge is 0.253 e. The van der Waals surface area contributed by atoms with Crippen LogP contribution in [0.4, 0.5) is 33.2 Å². The summed E-state index contributed by atoms with van der Waals surface area (Å²) >= 11 is 6.05. The first kappa shape index (κ1) is 27.2. The quantitative estimate of drug-likeness (QED) is 0.249. The van der Waals surface area contributed by atoms with Crippen molar-refractivity contribution in [3.63, 3.8) is 0 Å². The topological polar surface area (TPSA) is 142 Å². The number of methoxy groups -OCH3 is 1. The summed E-state index contributed by atoms with van der Waals surface area (Å²) in [5.74, 6) is -0.803. The average molecular weight is 567 g/mol. The van der Waals surface area contributed by atoms with Crippen LogP contribution in [0.3, 0.4) is 0 Å². The maximum Gasteiger partial charge on any atom is 0.253 e. The first-order chi connectivity index (χ1) is 19.1. The summed E-state index contributed by atoms with van der Waals surface area (Å²) in [4.78, 5) is 40.8. The van der Waals surface area contributed by atoms with Crippen molar-refractivity contribution in [3.05, 3.63) is 58.5 Å². The van der Waals surface area contributed by atoms with Crippen LogP contribution in [0, 0.1) is 5.82 Å². The lowest BCUT2D eigenvalue weighted by Crippen LogP contribution is -2.40. The molecule has 1 aliphatic rings. The van der Waals surface area contributed by atoms with E-state index in [4.69, 9.17) is 22.1 Å². The molecular weight excluding hydrogens is 539 g/mol. The first-order valence-electron chi connectivity index (χ1n) is 12.5. The Morgan fingerprint density at radius 2 is 2.00 bits per heavy atom. The van der Waals surface area contributed by atoms with E-state index in [0.29, 0.717) is 29.0 Å². The van der Waals surface area contributed by atoms with Gasteiger partial charge in [-0.1, -0.05) is 11.6 Å². The first-order valence-corrected chi connectivity index (χ1v) is 12.9. The molecule has 3 heterocycles. The molecule has 0 saturated carbocycles. The van der Waals surface area contributed by atoms with Crippen LogP contribution in [0.5, 0.6) is 5.75 Å². The van der Waals surface area contributed by atoms with Crippen molar-refractivity contribution >= 4 is 63.3 Å². The number of hydrogen-bond acceptors (Lipinski definition) is 8. The van der Waals surface area contributed by atoms with E-state index < -0.39 is 11.7 Å². The van der Waals surface area contributed by atoms with Gasteiger partial charge in [0.15, 0.2) is 0 Å². The molecule has 5 rings (SSSR count). The summed E-state index contributed by atoms with van der Waals surface area (Å²) in [6, 6.07) is 7.91. The molecule has 40 heavy (non-hydrogen) atoms. The molecule has 0 atom stereocenters. The van der Waals surface area contributed by atoms with Crippen LogP contribution >= 0.6 is 11.6 Å². The number of likely N-dealkylation sites (N-methyl/N-ethyl adjacent to an activating group) is 1. The van der Waals surface area contributed by atoms with Crippen LogP contribution in [0.1, 0.15) is 22.3 Å². The molecule has 0 unspecified atom stereocenters. The molecule has 0 aliphatic carbocycles. The summed E-state index contributed by atoms with van der Waals surface area (Å²) in [6.07, 6.45) is 3.34. The van der Waals surface area contributed by atoms with Crippen LogP contribution in [0.2, 0.25) is 5.02 Å². The van der Waals surface area contributed by atoms with Gasteiger partial charge in [-0.2, -0.15) is 9.97 Å². The Labute approximate surface area is 234 Å². The number of nitrogens with one attached hydrogen (secondary N) is 3. The Balaban J connectivity index is 1.55. The van der Waals surface area contributed by atoms with E-state index in [-0.39, 0.29) is 40.5 Å². The number of aromatic nitrogens is 3. The number of ether oxygens (including phenoxy) is 1. The van der Waals surface area contributed by atoms with Crippen molar-refractivity contribution in [2.45, 2.75) is 12.8 Å². The number of nitrogens with two attached hydrogens (primary N) is 1. The number of fused-ring (bicyclic) bond motifs is 2. The van der Waals surface area contributed by atoms with Crippen LogP contribution in [-0.4, -0.2) is 66.0 Å². The minimum absolute atomic E-state index is 0.00313. The molecule has 0 radical (unpaired) electrons. The highest BCUT2D eigenvalue weighted by Gasteiger charge is 2.25. The molecule has 13 heteroatoms. The van der Waals surface area contributed by atoms with Gasteiger partial charge in [0.05, 0.1) is 36.0 Å². The SMILES string of the molecule is COc1cc2c(cc1Nc1nc(Nc3cc(Cl)cc(F)c3C(N)=O)c3cc[nH]c3n1)N(C(=O)CN(C)C)CCC2. The summed E-state index contributed by atoms with van der Waals surface area (Å²) in [5.41, 5.74) is 7.97. The predicted molar refractivity (Wildman–Crippen MR) is 153 cm³/mol. The number of anilines is 5. The van der Waals surface area contributed by atoms with Crippen LogP contribution in [0.25, 0.3) is 11.0 Å². The van der Waals surface area contributed by atoms with Gasteiger partial charge in [-0.05, 0) is 62.8 Å². The Morgan fingerprint density at radius 3 is 2.73 bits per heavy atom. The lowest BCUT2D eigenvalue weighted by molar-refractivity contribution is -0.119. The zero-order valence-electron chi connectivity index (χ0n) is 22.1. The standard InChI is InChI=1S/C27H28ClFN8O3/c1-36(2)13-22(38)37-8-4-5-14-9-21(40-3)18(12-20(14)37)33-27-34-25-16(6-7-31-25)26(35-27)32-19-11-15(28)10-17(29)23(19)24(30)39/h6-7,9-12H,4-5,8,13H2,1-3H3,(H2,30,39)(H3,31,32,33,34,35). The predicted octanol–water partition coefficient (Wildman–Crippen LogP) is 4.19. The summed E-state index contributed by atoms with van der Waals surface area (Å²) < 4.78 is 20.2. The number of H-pyrrole nitrogens is 1. The maximum atomic E-state index is 14.5. The van der Waals surface area contributed by atoms with Gasteiger partial charge in [-0.3, -0.25) is 9.59 Å². The minimum atomic E-state index is -0.957. The third-order valence-corrected chi connectivity index (χ3v) is 6.71. The molecule has 0 fully saturated rings. The Bertz CT molecular complexity index is 1620. The second-order valence-electron chi connectivity index (χ2n) is 9.63. The largest absolute Gasteiger partial charge is 0.495 e. The van der Waals surface area contributed by atoms with Crippen molar-refractivity contribution in [2.24, 2.45) is 5.73 Å². The van der Waals surface area contributed by atoms with Crippen LogP contribution < -0.4 is 26.0 Å². The number of aromatic amines is 1. The van der Waals surface area contributed by atoms with Crippen molar-refractivity contribution in [1.29, 1.82) is 0 Å². The van der Waals surface area contributed by atoms with Crippen molar-refractivity contribution in [1.82, 2.24) is 19.9 Å². The van der Waals surface area contributed by atoms with Crippen molar-refractivity contribution < 1.29 is 18.7 Å². The normalized spacial score (nSPS) is 12.9. The molecule has 5 N–H and O–H groups in total. The fourth-order valence-electron chi connectivity index (χ4n) is 4.75. The molecule has 0 saturated heterocycles. The van der Waals surface area contributed by atoms with Gasteiger partial charge in [0.1, 0.15) is 23.0 Å². The minimum Gasteiger partial charge on any atom is -0.495 e. The summed E-state index contributed by atoms with van der Waals surface area (Å²) in [6.45, 7) is 0.899. The second-order valence-corrected chi connectivity index (χ2v) is 10.1. The van der Waals surface area contributed by atoms with Crippen LogP contribution in [0.15, 0.2) is 36.5 Å². The van der Waals surface area contributed by atoms with Gasteiger partial charge >= 0.3 is 0 Å². The molecular formula is C27H28ClFN8O3. The van der Waals surface area contributed by atoms with Crippen molar-refractivity contribution in [3.8, 4) is 5.75 Å². The molecule has 2 aromatic carbocycles. The van der Waals surface area contributed by atoms with E-state index in [1.165, 1.54) is 6.07 Å². The van der Waals surface area contributed by atoms with E-state index >= 15 is 0 Å². The number of halogens is 2. The summed E-state index contributed by atoms with van der Waals surface area (Å²) in [7, 11) is 5.27. The zero-order chi connectivity index (χ0) is 28.6. The lowest BCUT2D eigenvalue weighted by Gasteiger charge is -2.31. The number of hydrogen-bond donors (Lipinski definition) is 4. The van der Waals surface area contributed by atoms with Gasteiger partial charge < -0.3 is 35.9 Å². The number of carbonyl (C=O) groups excluding carboxylic acids is 2. The van der Waals surface area contributed by atoms with Gasteiger partial charge in [0, 0.05) is 23.5 Å². The number of nitrogens with zero attached hydrogens (tertiary/aromatic N) is 4. The maximum absolute atomic E-state index is 14.5. The van der Waals surface area contributed by atoms with E-state index in [9.17, 15) is 14.0 Å². The van der Waals surface area contributed by atoms with Gasteiger partial charge in [0.25, 0.3) is 5.91 Å². The number of amides is 2. The number of carbonyl (C=O) groups is 2. The third kappa shape index (κ3) is 5.36. The highest BCUT2D eigenvalue weighted by atomic mass is 35.5. The van der Waals surface area contributed by atoms with E-state index in [2.05, 4.69) is 25.6 Å². The van der Waals surface area contributed by atoms with Crippen LogP contribution in [-0.2, 0) is 11.2 Å². The molecule has 208 valence electrons. The molecule has 2 aromatic heterocycles. The average Bonchev–Trinajstić information content (AvgIpc) is 3.36. The molecule has 2 amide bonds. The van der Waals surface area contributed by atoms with E-state index in [0.717, 1.165) is 30.2 Å². The summed E-state index contributed by atoms with van der Waals surface area (Å²) in [5, 5.41) is 6.84. The molecule has 0 spiro atoms. The lowest BCUT2D eigenvalue weighted by atomic mass is 10.00. The molecule has 4 aromatic rings. The zero-order valence-corrected chi connectivity index (χ0v) is 22.9. The van der Waals surface area contributed by atoms with Gasteiger partial charge in [0.2, 0.25) is 11.9 Å². The fourth-order valence-corrected chi connectivity index (χ4v) is 4.96. The number of aryl methyl sites for hydroxylation is 1. The molecule has 11 nitrogen and oxygen atoms in total. The van der Waals surface area contributed by atoms with E-state index in [1.807, 2.05) is 31.1 Å². The number of rotatable bonds is 8. The van der Waals surface area contributed by atoms with Gasteiger partial charge in [-0.15, -0.1) is 0 Å². The van der Waals surface area contributed by atoms with E-state index in [1.54, 1.807) is 24.3 Å². The molecule has 0 bridgehead atoms. The Kier molecular flexibility index (Phi) is 7.46. The number of benzene rings is 2. The molecule has 1 aliphatic heterocycles. The van der Waals surface area contributed by atoms with Gasteiger partial charge in [-0.25, -0.2) is 4.39 Å².